The molecule has 0 saturated heterocycles. The van der Waals surface area contributed by atoms with E-state index in [9.17, 15) is 14.4 Å². The van der Waals surface area contributed by atoms with Gasteiger partial charge in [0.05, 0.1) is 34.0 Å². The summed E-state index contributed by atoms with van der Waals surface area (Å²) in [7, 11) is 1.47. The van der Waals surface area contributed by atoms with Gasteiger partial charge in [-0.05, 0) is 64.9 Å². The molecule has 1 aliphatic carbocycles. The zero-order valence-corrected chi connectivity index (χ0v) is 23.2. The monoisotopic (exact) mass is 581 g/mol. The molecule has 0 amide bonds. The van der Waals surface area contributed by atoms with E-state index in [-0.39, 0.29) is 11.4 Å². The summed E-state index contributed by atoms with van der Waals surface area (Å²) in [6.45, 7) is 0. The normalized spacial score (nSPS) is 13.4. The Labute approximate surface area is 244 Å². The summed E-state index contributed by atoms with van der Waals surface area (Å²) < 4.78 is 6.60. The maximum atomic E-state index is 12.5. The molecule has 6 rings (SSSR count). The molecule has 9 heteroatoms. The van der Waals surface area contributed by atoms with Crippen molar-refractivity contribution in [1.82, 2.24) is 14.4 Å². The number of carbonyl (C=O) groups is 2. The number of benzene rings is 2. The largest absolute Gasteiger partial charge is 0.480 e. The summed E-state index contributed by atoms with van der Waals surface area (Å²) in [6, 6.07) is 17.1. The molecule has 7 nitrogen and oxygen atoms in total. The fourth-order valence-electron chi connectivity index (χ4n) is 5.27. The number of aromatic nitrogens is 3. The van der Waals surface area contributed by atoms with E-state index in [4.69, 9.17) is 27.9 Å². The van der Waals surface area contributed by atoms with Crippen LogP contribution in [-0.2, 0) is 6.42 Å². The average molecular weight is 582 g/mol. The van der Waals surface area contributed by atoms with Gasteiger partial charge >= 0.3 is 0 Å². The minimum Gasteiger partial charge on any atom is -0.480 e. The molecule has 0 bridgehead atoms. The number of methoxy groups -OCH3 is 1. The van der Waals surface area contributed by atoms with Gasteiger partial charge in [0.2, 0.25) is 5.88 Å². The second-order valence-electron chi connectivity index (χ2n) is 9.52. The Morgan fingerprint density at radius 2 is 1.63 bits per heavy atom. The van der Waals surface area contributed by atoms with E-state index in [0.717, 1.165) is 46.2 Å². The molecule has 0 radical (unpaired) electrons. The summed E-state index contributed by atoms with van der Waals surface area (Å²) in [4.78, 5) is 43.7. The Kier molecular flexibility index (Phi) is 6.99. The molecule has 0 N–H and O–H groups in total. The summed E-state index contributed by atoms with van der Waals surface area (Å²) in [6.07, 6.45) is 7.58. The van der Waals surface area contributed by atoms with E-state index in [1.807, 2.05) is 30.3 Å². The smallest absolute Gasteiger partial charge is 0.268 e. The molecular weight excluding hydrogens is 561 g/mol. The number of pyridine rings is 2. The van der Waals surface area contributed by atoms with Crippen LogP contribution >= 0.6 is 23.2 Å². The van der Waals surface area contributed by atoms with E-state index in [2.05, 4.69) is 22.1 Å². The first-order valence-corrected chi connectivity index (χ1v) is 13.5. The minimum atomic E-state index is -0.422. The number of ether oxygens (including phenoxy) is 1. The molecule has 0 unspecified atom stereocenters. The molecule has 3 heterocycles. The molecule has 41 heavy (non-hydrogen) atoms. The SMILES string of the molecule is COc1nc(/C=C2\CCc3c2cccc3-c2cccc(-c3ccn4c(=O)c(C=O)cnc4c3)c2Cl)c(Cl)cc1C=O. The van der Waals surface area contributed by atoms with E-state index < -0.39 is 5.56 Å². The molecule has 5 aromatic rings. The Morgan fingerprint density at radius 1 is 0.902 bits per heavy atom. The fourth-order valence-corrected chi connectivity index (χ4v) is 5.82. The highest BCUT2D eigenvalue weighted by molar-refractivity contribution is 6.36. The second kappa shape index (κ2) is 10.8. The number of carbonyl (C=O) groups excluding carboxylic acids is 2. The van der Waals surface area contributed by atoms with Crippen molar-refractivity contribution in [3.05, 3.63) is 115 Å². The van der Waals surface area contributed by atoms with Crippen LogP contribution in [0.4, 0.5) is 0 Å². The van der Waals surface area contributed by atoms with E-state index >= 15 is 0 Å². The lowest BCUT2D eigenvalue weighted by atomic mass is 9.93. The summed E-state index contributed by atoms with van der Waals surface area (Å²) in [5.41, 5.74) is 7.65. The lowest BCUT2D eigenvalue weighted by Crippen LogP contribution is -2.18. The maximum Gasteiger partial charge on any atom is 0.268 e. The summed E-state index contributed by atoms with van der Waals surface area (Å²) >= 11 is 13.5. The van der Waals surface area contributed by atoms with Crippen LogP contribution in [0.1, 0.15) is 44.0 Å². The summed E-state index contributed by atoms with van der Waals surface area (Å²) in [5.74, 6) is 0.227. The molecule has 0 atom stereocenters. The van der Waals surface area contributed by atoms with Gasteiger partial charge in [0, 0.05) is 23.5 Å². The molecule has 0 spiro atoms. The van der Waals surface area contributed by atoms with Crippen LogP contribution in [0, 0.1) is 0 Å². The van der Waals surface area contributed by atoms with Gasteiger partial charge in [-0.3, -0.25) is 18.8 Å². The minimum absolute atomic E-state index is 0.00296. The third-order valence-electron chi connectivity index (χ3n) is 7.26. The highest BCUT2D eigenvalue weighted by atomic mass is 35.5. The van der Waals surface area contributed by atoms with Gasteiger partial charge in [-0.15, -0.1) is 0 Å². The van der Waals surface area contributed by atoms with Crippen molar-refractivity contribution in [3.63, 3.8) is 0 Å². The predicted molar refractivity (Wildman–Crippen MR) is 160 cm³/mol. The molecular formula is C32H21Cl2N3O4. The fraction of sp³-hybridized carbons (Fsp3) is 0.0938. The van der Waals surface area contributed by atoms with Gasteiger partial charge in [-0.1, -0.05) is 59.6 Å². The molecule has 1 aliphatic rings. The summed E-state index contributed by atoms with van der Waals surface area (Å²) in [5, 5.41) is 0.948. The molecule has 2 aromatic carbocycles. The number of hydrogen-bond acceptors (Lipinski definition) is 6. The molecule has 202 valence electrons. The highest BCUT2D eigenvalue weighted by Crippen LogP contribution is 2.43. The third-order valence-corrected chi connectivity index (χ3v) is 7.97. The van der Waals surface area contributed by atoms with Gasteiger partial charge in [-0.2, -0.15) is 0 Å². The zero-order valence-electron chi connectivity index (χ0n) is 21.7. The third kappa shape index (κ3) is 4.63. The number of nitrogens with zero attached hydrogens (tertiary/aromatic N) is 3. The second-order valence-corrected chi connectivity index (χ2v) is 10.3. The Hall–Kier alpha value is -4.59. The number of allylic oxidation sites excluding steroid dienone is 1. The van der Waals surface area contributed by atoms with Crippen molar-refractivity contribution in [1.29, 1.82) is 0 Å². The molecule has 0 fully saturated rings. The van der Waals surface area contributed by atoms with Crippen molar-refractivity contribution in [2.45, 2.75) is 12.8 Å². The van der Waals surface area contributed by atoms with Gasteiger partial charge in [0.25, 0.3) is 5.56 Å². The standard InChI is InChI=1S/C32H21Cl2N3O4/c1-41-31-20(16-38)12-27(33)28(36-31)13-18-8-9-25-22(18)4-2-6-24(25)26-7-3-5-23(30(26)34)19-10-11-37-29(14-19)35-15-21(17-39)32(37)40/h2-7,10-17H,8-9H2,1H3/b18-13+. The quantitative estimate of drug-likeness (QED) is 0.204. The van der Waals surface area contributed by atoms with Gasteiger partial charge in [0.15, 0.2) is 12.6 Å². The Bertz CT molecular complexity index is 1980. The van der Waals surface area contributed by atoms with Crippen LogP contribution in [0.15, 0.2) is 71.8 Å². The number of halogens is 2. The number of rotatable bonds is 6. The highest BCUT2D eigenvalue weighted by Gasteiger charge is 2.23. The Balaban J connectivity index is 1.42. The van der Waals surface area contributed by atoms with Crippen molar-refractivity contribution in [2.75, 3.05) is 7.11 Å². The first kappa shape index (κ1) is 26.6. The topological polar surface area (TPSA) is 90.6 Å². The number of aldehydes is 2. The van der Waals surface area contributed by atoms with Crippen LogP contribution in [0.5, 0.6) is 5.88 Å². The zero-order chi connectivity index (χ0) is 28.7. The van der Waals surface area contributed by atoms with Crippen LogP contribution in [0.25, 0.3) is 39.6 Å². The van der Waals surface area contributed by atoms with Crippen molar-refractivity contribution < 1.29 is 14.3 Å². The molecule has 0 saturated carbocycles. The van der Waals surface area contributed by atoms with Gasteiger partial charge in [-0.25, -0.2) is 9.97 Å². The van der Waals surface area contributed by atoms with E-state index in [1.54, 1.807) is 24.4 Å². The first-order valence-electron chi connectivity index (χ1n) is 12.7. The van der Waals surface area contributed by atoms with E-state index in [0.29, 0.717) is 39.5 Å². The molecule has 0 aliphatic heterocycles. The van der Waals surface area contributed by atoms with Crippen LogP contribution < -0.4 is 10.3 Å². The van der Waals surface area contributed by atoms with Crippen LogP contribution in [0.3, 0.4) is 0 Å². The van der Waals surface area contributed by atoms with Gasteiger partial charge < -0.3 is 4.74 Å². The number of fused-ring (bicyclic) bond motifs is 2. The van der Waals surface area contributed by atoms with Crippen LogP contribution in [-0.4, -0.2) is 34.1 Å². The van der Waals surface area contributed by atoms with Crippen molar-refractivity contribution in [3.8, 4) is 28.1 Å². The first-order chi connectivity index (χ1) is 19.9. The van der Waals surface area contributed by atoms with Crippen LogP contribution in [0.2, 0.25) is 10.0 Å². The molecule has 3 aromatic heterocycles. The lowest BCUT2D eigenvalue weighted by Gasteiger charge is -2.14. The van der Waals surface area contributed by atoms with Crippen molar-refractivity contribution >= 4 is 53.1 Å². The van der Waals surface area contributed by atoms with Gasteiger partial charge in [0.1, 0.15) is 5.65 Å². The van der Waals surface area contributed by atoms with Crippen molar-refractivity contribution in [2.24, 2.45) is 0 Å². The Morgan fingerprint density at radius 3 is 2.39 bits per heavy atom. The maximum absolute atomic E-state index is 12.5. The number of hydrogen-bond donors (Lipinski definition) is 0. The average Bonchev–Trinajstić information content (AvgIpc) is 3.41. The van der Waals surface area contributed by atoms with E-state index in [1.165, 1.54) is 23.3 Å². The lowest BCUT2D eigenvalue weighted by molar-refractivity contribution is 0.111. The predicted octanol–water partition coefficient (Wildman–Crippen LogP) is 6.85.